The third-order valence-corrected chi connectivity index (χ3v) is 4.98. The highest BCUT2D eigenvalue weighted by Gasteiger charge is 2.36. The summed E-state index contributed by atoms with van der Waals surface area (Å²) in [7, 11) is 0. The molecule has 2 aliphatic rings. The number of hydrogen-bond acceptors (Lipinski definition) is 5. The van der Waals surface area contributed by atoms with Crippen molar-refractivity contribution in [3.8, 4) is 0 Å². The predicted octanol–water partition coefficient (Wildman–Crippen LogP) is 2.31. The van der Waals surface area contributed by atoms with Crippen molar-refractivity contribution < 1.29 is 19.1 Å². The first-order valence-electron chi connectivity index (χ1n) is 9.82. The van der Waals surface area contributed by atoms with E-state index in [0.29, 0.717) is 30.9 Å². The van der Waals surface area contributed by atoms with Gasteiger partial charge in [-0.2, -0.15) is 5.10 Å². The number of carbonyl (C=O) groups excluding carboxylic acids is 3. The van der Waals surface area contributed by atoms with Crippen LogP contribution in [0.1, 0.15) is 18.4 Å². The van der Waals surface area contributed by atoms with Gasteiger partial charge < -0.3 is 15.0 Å². The van der Waals surface area contributed by atoms with Crippen LogP contribution in [0.3, 0.4) is 0 Å². The van der Waals surface area contributed by atoms with Crippen molar-refractivity contribution >= 4 is 29.3 Å². The van der Waals surface area contributed by atoms with E-state index >= 15 is 0 Å². The molecule has 2 aliphatic heterocycles. The Morgan fingerprint density at radius 2 is 1.67 bits per heavy atom. The fraction of sp³-hybridized carbons (Fsp3) is 0.273. The van der Waals surface area contributed by atoms with E-state index in [4.69, 9.17) is 4.74 Å². The molecule has 0 radical (unpaired) electrons. The van der Waals surface area contributed by atoms with Gasteiger partial charge in [-0.25, -0.2) is 9.80 Å². The maximum absolute atomic E-state index is 12.7. The lowest BCUT2D eigenvalue weighted by Gasteiger charge is -2.39. The molecule has 1 N–H and O–H groups in total. The quantitative estimate of drug-likeness (QED) is 0.825. The molecule has 8 nitrogen and oxygen atoms in total. The number of para-hydroxylation sites is 1. The Morgan fingerprint density at radius 1 is 1.00 bits per heavy atom. The number of likely N-dealkylation sites (tertiary alicyclic amines) is 1. The van der Waals surface area contributed by atoms with Crippen molar-refractivity contribution in [1.82, 2.24) is 10.2 Å². The number of amides is 3. The van der Waals surface area contributed by atoms with Gasteiger partial charge in [0.2, 0.25) is 5.91 Å². The fourth-order valence-corrected chi connectivity index (χ4v) is 3.33. The van der Waals surface area contributed by atoms with Crippen molar-refractivity contribution in [3.05, 3.63) is 66.2 Å². The number of benzene rings is 2. The molecule has 4 rings (SSSR count). The minimum absolute atomic E-state index is 0.137. The van der Waals surface area contributed by atoms with Crippen LogP contribution in [0, 0.1) is 0 Å². The Bertz CT molecular complexity index is 956. The van der Waals surface area contributed by atoms with Gasteiger partial charge >= 0.3 is 6.09 Å². The molecule has 0 bridgehead atoms. The lowest BCUT2D eigenvalue weighted by Crippen LogP contribution is -2.62. The van der Waals surface area contributed by atoms with Crippen molar-refractivity contribution in [2.45, 2.75) is 25.5 Å². The summed E-state index contributed by atoms with van der Waals surface area (Å²) in [5.41, 5.74) is 1.89. The molecule has 154 valence electrons. The van der Waals surface area contributed by atoms with E-state index < -0.39 is 6.09 Å². The monoisotopic (exact) mass is 406 g/mol. The third-order valence-electron chi connectivity index (χ3n) is 4.98. The summed E-state index contributed by atoms with van der Waals surface area (Å²) < 4.78 is 5.20. The van der Waals surface area contributed by atoms with E-state index in [1.54, 1.807) is 17.0 Å². The second kappa shape index (κ2) is 8.77. The molecule has 0 aliphatic carbocycles. The number of nitrogens with one attached hydrogen (secondary N) is 1. The average Bonchev–Trinajstić information content (AvgIpc) is 2.76. The number of anilines is 1. The van der Waals surface area contributed by atoms with Gasteiger partial charge in [-0.05, 0) is 17.7 Å². The topological polar surface area (TPSA) is 91.3 Å². The van der Waals surface area contributed by atoms with Gasteiger partial charge in [0.25, 0.3) is 5.91 Å². The largest absolute Gasteiger partial charge is 0.445 e. The van der Waals surface area contributed by atoms with Gasteiger partial charge in [0.05, 0.1) is 11.7 Å². The van der Waals surface area contributed by atoms with E-state index in [1.807, 2.05) is 48.5 Å². The zero-order valence-corrected chi connectivity index (χ0v) is 16.4. The van der Waals surface area contributed by atoms with Crippen LogP contribution in [0.2, 0.25) is 0 Å². The first kappa shape index (κ1) is 19.6. The molecule has 8 heteroatoms. The van der Waals surface area contributed by atoms with Crippen LogP contribution in [0.4, 0.5) is 10.5 Å². The van der Waals surface area contributed by atoms with Crippen molar-refractivity contribution in [2.24, 2.45) is 5.10 Å². The first-order chi connectivity index (χ1) is 14.6. The van der Waals surface area contributed by atoms with Gasteiger partial charge in [0, 0.05) is 25.9 Å². The van der Waals surface area contributed by atoms with E-state index in [-0.39, 0.29) is 30.9 Å². The smallest absolute Gasteiger partial charge is 0.407 e. The summed E-state index contributed by atoms with van der Waals surface area (Å²) in [6.07, 6.45) is 0.0435. The van der Waals surface area contributed by atoms with Crippen LogP contribution in [-0.4, -0.2) is 47.7 Å². The highest BCUT2D eigenvalue weighted by atomic mass is 16.5. The molecular weight excluding hydrogens is 384 g/mol. The van der Waals surface area contributed by atoms with Crippen molar-refractivity contribution in [2.75, 3.05) is 18.1 Å². The van der Waals surface area contributed by atoms with E-state index in [9.17, 15) is 14.4 Å². The second-order valence-electron chi connectivity index (χ2n) is 7.20. The number of alkyl carbamates (subject to hydrolysis) is 1. The second-order valence-corrected chi connectivity index (χ2v) is 7.20. The summed E-state index contributed by atoms with van der Waals surface area (Å²) in [6.45, 7) is 0.970. The number of nitrogens with zero attached hydrogens (tertiary/aromatic N) is 3. The van der Waals surface area contributed by atoms with Crippen molar-refractivity contribution in [3.63, 3.8) is 0 Å². The normalized spacial score (nSPS) is 16.5. The van der Waals surface area contributed by atoms with E-state index in [0.717, 1.165) is 5.56 Å². The van der Waals surface area contributed by atoms with Gasteiger partial charge in [0.1, 0.15) is 12.3 Å². The number of rotatable bonds is 5. The predicted molar refractivity (Wildman–Crippen MR) is 111 cm³/mol. The van der Waals surface area contributed by atoms with Crippen LogP contribution < -0.4 is 10.3 Å². The molecule has 2 heterocycles. The molecule has 1 saturated heterocycles. The van der Waals surface area contributed by atoms with Crippen LogP contribution in [0.15, 0.2) is 65.8 Å². The Hall–Kier alpha value is -3.68. The summed E-state index contributed by atoms with van der Waals surface area (Å²) in [6, 6.07) is 18.3. The standard InChI is InChI=1S/C22H22N4O4/c27-20-12-11-19(24-26(20)18-9-5-2-6-10-18)21(28)25-13-17(14-25)23-22(29)30-15-16-7-3-1-4-8-16/h1-10,17H,11-15H2,(H,23,29). The maximum atomic E-state index is 12.7. The van der Waals surface area contributed by atoms with E-state index in [1.165, 1.54) is 5.01 Å². The highest BCUT2D eigenvalue weighted by Crippen LogP contribution is 2.21. The molecule has 1 fully saturated rings. The Labute approximate surface area is 174 Å². The van der Waals surface area contributed by atoms with Crippen LogP contribution in [-0.2, 0) is 20.9 Å². The molecule has 0 aromatic heterocycles. The zero-order chi connectivity index (χ0) is 20.9. The lowest BCUT2D eigenvalue weighted by molar-refractivity contribution is -0.128. The van der Waals surface area contributed by atoms with E-state index in [2.05, 4.69) is 10.4 Å². The average molecular weight is 406 g/mol. The molecule has 0 spiro atoms. The summed E-state index contributed by atoms with van der Waals surface area (Å²) >= 11 is 0. The van der Waals surface area contributed by atoms with Gasteiger partial charge in [-0.15, -0.1) is 0 Å². The minimum atomic E-state index is -0.508. The van der Waals surface area contributed by atoms with Crippen LogP contribution in [0.5, 0.6) is 0 Å². The summed E-state index contributed by atoms with van der Waals surface area (Å²) in [5, 5.41) is 8.32. The Kier molecular flexibility index (Phi) is 5.74. The first-order valence-corrected chi connectivity index (χ1v) is 9.82. The number of hydrazone groups is 1. The highest BCUT2D eigenvalue weighted by molar-refractivity contribution is 6.40. The molecule has 2 aromatic rings. The number of hydrogen-bond donors (Lipinski definition) is 1. The van der Waals surface area contributed by atoms with Crippen molar-refractivity contribution in [1.29, 1.82) is 0 Å². The number of ether oxygens (including phenoxy) is 1. The Morgan fingerprint density at radius 3 is 2.37 bits per heavy atom. The minimum Gasteiger partial charge on any atom is -0.445 e. The zero-order valence-electron chi connectivity index (χ0n) is 16.4. The molecule has 0 saturated carbocycles. The van der Waals surface area contributed by atoms with Crippen LogP contribution >= 0.6 is 0 Å². The molecule has 0 unspecified atom stereocenters. The van der Waals surface area contributed by atoms with Gasteiger partial charge in [0.15, 0.2) is 0 Å². The van der Waals surface area contributed by atoms with Gasteiger partial charge in [-0.1, -0.05) is 48.5 Å². The van der Waals surface area contributed by atoms with Gasteiger partial charge in [-0.3, -0.25) is 9.59 Å². The summed E-state index contributed by atoms with van der Waals surface area (Å²) in [4.78, 5) is 38.4. The number of carbonyl (C=O) groups is 3. The molecule has 2 aromatic carbocycles. The third kappa shape index (κ3) is 4.48. The maximum Gasteiger partial charge on any atom is 0.407 e. The molecular formula is C22H22N4O4. The Balaban J connectivity index is 1.27. The SMILES string of the molecule is O=C(NC1CN(C(=O)C2=NN(c3ccccc3)C(=O)CC2)C1)OCc1ccccc1. The summed E-state index contributed by atoms with van der Waals surface area (Å²) in [5.74, 6) is -0.346. The lowest BCUT2D eigenvalue weighted by atomic mass is 10.1. The molecule has 30 heavy (non-hydrogen) atoms. The van der Waals surface area contributed by atoms with Crippen LogP contribution in [0.25, 0.3) is 0 Å². The fourth-order valence-electron chi connectivity index (χ4n) is 3.33. The molecule has 0 atom stereocenters. The molecule has 3 amide bonds.